The molecule has 1 fully saturated rings. The van der Waals surface area contributed by atoms with Gasteiger partial charge in [0.2, 0.25) is 0 Å². The summed E-state index contributed by atoms with van der Waals surface area (Å²) in [5.74, 6) is 2.45. The molecule has 0 saturated carbocycles. The minimum atomic E-state index is -0.163. The van der Waals surface area contributed by atoms with Crippen molar-refractivity contribution < 1.29 is 9.90 Å². The standard InChI is InChI=1S/C19H25N3O2S/c1-13-11-14(2)22(21-13)17-5-3-16(4-6-17)19(24)20-18(12-23)15-7-9-25-10-8-15/h3-6,11,15,18,23H,7-10,12H2,1-2H3,(H,20,24)/t18-/m1/s1. The van der Waals surface area contributed by atoms with Crippen molar-refractivity contribution in [1.29, 1.82) is 0 Å². The van der Waals surface area contributed by atoms with E-state index in [2.05, 4.69) is 10.4 Å². The van der Waals surface area contributed by atoms with E-state index in [0.29, 0.717) is 11.5 Å². The Labute approximate surface area is 152 Å². The monoisotopic (exact) mass is 359 g/mol. The normalized spacial score (nSPS) is 16.6. The summed E-state index contributed by atoms with van der Waals surface area (Å²) in [6.45, 7) is 3.96. The topological polar surface area (TPSA) is 67.2 Å². The first kappa shape index (κ1) is 18.0. The number of carbonyl (C=O) groups is 1. The molecule has 1 aliphatic rings. The van der Waals surface area contributed by atoms with Crippen LogP contribution < -0.4 is 5.32 Å². The molecule has 2 aromatic rings. The molecule has 0 aliphatic carbocycles. The molecule has 1 saturated heterocycles. The Bertz CT molecular complexity index is 721. The predicted octanol–water partition coefficient (Wildman–Crippen LogP) is 2.72. The summed E-state index contributed by atoms with van der Waals surface area (Å²) >= 11 is 1.94. The van der Waals surface area contributed by atoms with Crippen molar-refractivity contribution in [2.75, 3.05) is 18.1 Å². The van der Waals surface area contributed by atoms with Gasteiger partial charge >= 0.3 is 0 Å². The van der Waals surface area contributed by atoms with E-state index in [1.165, 1.54) is 0 Å². The molecular formula is C19H25N3O2S. The lowest BCUT2D eigenvalue weighted by Gasteiger charge is -2.29. The minimum absolute atomic E-state index is 0.00901. The second-order valence-corrected chi connectivity index (χ2v) is 7.82. The van der Waals surface area contributed by atoms with Crippen LogP contribution in [0.5, 0.6) is 0 Å². The fourth-order valence-corrected chi connectivity index (χ4v) is 4.47. The van der Waals surface area contributed by atoms with Crippen LogP contribution in [0.25, 0.3) is 5.69 Å². The highest BCUT2D eigenvalue weighted by Crippen LogP contribution is 2.25. The molecule has 0 bridgehead atoms. The summed E-state index contributed by atoms with van der Waals surface area (Å²) in [5.41, 5.74) is 3.57. The van der Waals surface area contributed by atoms with E-state index in [1.807, 2.05) is 60.6 Å². The number of hydrogen-bond donors (Lipinski definition) is 2. The SMILES string of the molecule is Cc1cc(C)n(-c2ccc(C(=O)N[C@H](CO)C3CCSCC3)cc2)n1. The van der Waals surface area contributed by atoms with Crippen LogP contribution in [-0.4, -0.2) is 44.9 Å². The summed E-state index contributed by atoms with van der Waals surface area (Å²) < 4.78 is 1.87. The largest absolute Gasteiger partial charge is 0.394 e. The van der Waals surface area contributed by atoms with Crippen molar-refractivity contribution in [3.63, 3.8) is 0 Å². The molecule has 2 N–H and O–H groups in total. The average Bonchev–Trinajstić information content (AvgIpc) is 2.98. The lowest BCUT2D eigenvalue weighted by atomic mass is 9.94. The molecule has 0 radical (unpaired) electrons. The Balaban J connectivity index is 1.68. The van der Waals surface area contributed by atoms with E-state index in [4.69, 9.17) is 0 Å². The zero-order valence-corrected chi connectivity index (χ0v) is 15.6. The van der Waals surface area contributed by atoms with Crippen LogP contribution >= 0.6 is 11.8 Å². The van der Waals surface area contributed by atoms with Crippen molar-refractivity contribution in [2.45, 2.75) is 32.7 Å². The molecule has 1 amide bonds. The summed E-state index contributed by atoms with van der Waals surface area (Å²) in [5, 5.41) is 17.1. The van der Waals surface area contributed by atoms with Crippen molar-refractivity contribution in [3.05, 3.63) is 47.3 Å². The highest BCUT2D eigenvalue weighted by atomic mass is 32.2. The van der Waals surface area contributed by atoms with E-state index in [9.17, 15) is 9.90 Å². The first-order valence-electron chi connectivity index (χ1n) is 8.71. The second kappa shape index (κ2) is 8.06. The van der Waals surface area contributed by atoms with E-state index >= 15 is 0 Å². The van der Waals surface area contributed by atoms with Crippen LogP contribution in [0.2, 0.25) is 0 Å². The smallest absolute Gasteiger partial charge is 0.251 e. The maximum absolute atomic E-state index is 12.5. The van der Waals surface area contributed by atoms with E-state index < -0.39 is 0 Å². The maximum atomic E-state index is 12.5. The number of carbonyl (C=O) groups excluding carboxylic acids is 1. The van der Waals surface area contributed by atoms with Gasteiger partial charge in [-0.15, -0.1) is 0 Å². The molecule has 1 atom stereocenters. The van der Waals surface area contributed by atoms with Gasteiger partial charge < -0.3 is 10.4 Å². The molecule has 1 aromatic carbocycles. The van der Waals surface area contributed by atoms with E-state index in [-0.39, 0.29) is 18.6 Å². The number of amides is 1. The molecule has 0 spiro atoms. The number of aliphatic hydroxyl groups excluding tert-OH is 1. The summed E-state index contributed by atoms with van der Waals surface area (Å²) in [7, 11) is 0. The molecule has 134 valence electrons. The Morgan fingerprint density at radius 3 is 2.56 bits per heavy atom. The van der Waals surface area contributed by atoms with Crippen LogP contribution in [0.15, 0.2) is 30.3 Å². The second-order valence-electron chi connectivity index (χ2n) is 6.60. The fraction of sp³-hybridized carbons (Fsp3) is 0.474. The number of aryl methyl sites for hydroxylation is 2. The zero-order chi connectivity index (χ0) is 17.8. The molecular weight excluding hydrogens is 334 g/mol. The highest BCUT2D eigenvalue weighted by Gasteiger charge is 2.25. The third kappa shape index (κ3) is 4.25. The van der Waals surface area contributed by atoms with Crippen molar-refractivity contribution in [1.82, 2.24) is 15.1 Å². The van der Waals surface area contributed by atoms with Gasteiger partial charge in [-0.2, -0.15) is 16.9 Å². The first-order chi connectivity index (χ1) is 12.1. The predicted molar refractivity (Wildman–Crippen MR) is 101 cm³/mol. The summed E-state index contributed by atoms with van der Waals surface area (Å²) in [4.78, 5) is 12.5. The van der Waals surface area contributed by atoms with E-state index in [0.717, 1.165) is 41.4 Å². The third-order valence-electron chi connectivity index (χ3n) is 4.73. The quantitative estimate of drug-likeness (QED) is 0.861. The number of rotatable bonds is 5. The summed E-state index contributed by atoms with van der Waals surface area (Å²) in [6.07, 6.45) is 2.10. The van der Waals surface area contributed by atoms with Gasteiger partial charge in [0, 0.05) is 11.3 Å². The number of thioether (sulfide) groups is 1. The zero-order valence-electron chi connectivity index (χ0n) is 14.7. The summed E-state index contributed by atoms with van der Waals surface area (Å²) in [6, 6.07) is 9.29. The van der Waals surface area contributed by atoms with Gasteiger partial charge in [0.25, 0.3) is 5.91 Å². The molecule has 0 unspecified atom stereocenters. The maximum Gasteiger partial charge on any atom is 0.251 e. The van der Waals surface area contributed by atoms with Crippen LogP contribution in [-0.2, 0) is 0 Å². The number of nitrogens with zero attached hydrogens (tertiary/aromatic N) is 2. The average molecular weight is 359 g/mol. The van der Waals surface area contributed by atoms with Crippen molar-refractivity contribution in [3.8, 4) is 5.69 Å². The van der Waals surface area contributed by atoms with Crippen LogP contribution in [0.1, 0.15) is 34.6 Å². The lowest BCUT2D eigenvalue weighted by molar-refractivity contribution is 0.0884. The Morgan fingerprint density at radius 2 is 2.00 bits per heavy atom. The number of aliphatic hydroxyl groups is 1. The van der Waals surface area contributed by atoms with Crippen LogP contribution in [0, 0.1) is 19.8 Å². The van der Waals surface area contributed by atoms with Gasteiger partial charge in [0.1, 0.15) is 0 Å². The van der Waals surface area contributed by atoms with Gasteiger partial charge in [-0.3, -0.25) is 4.79 Å². The lowest BCUT2D eigenvalue weighted by Crippen LogP contribution is -2.44. The van der Waals surface area contributed by atoms with Crippen molar-refractivity contribution >= 4 is 17.7 Å². The fourth-order valence-electron chi connectivity index (χ4n) is 3.33. The van der Waals surface area contributed by atoms with Crippen molar-refractivity contribution in [2.24, 2.45) is 5.92 Å². The first-order valence-corrected chi connectivity index (χ1v) is 9.87. The Kier molecular flexibility index (Phi) is 5.81. The van der Waals surface area contributed by atoms with Gasteiger partial charge in [-0.05, 0) is 74.4 Å². The Morgan fingerprint density at radius 1 is 1.32 bits per heavy atom. The van der Waals surface area contributed by atoms with Gasteiger partial charge in [0.15, 0.2) is 0 Å². The van der Waals surface area contributed by atoms with Crippen LogP contribution in [0.3, 0.4) is 0 Å². The number of nitrogens with one attached hydrogen (secondary N) is 1. The minimum Gasteiger partial charge on any atom is -0.394 e. The number of benzene rings is 1. The van der Waals surface area contributed by atoms with Gasteiger partial charge in [-0.1, -0.05) is 0 Å². The third-order valence-corrected chi connectivity index (χ3v) is 5.78. The molecule has 5 nitrogen and oxygen atoms in total. The van der Waals surface area contributed by atoms with Gasteiger partial charge in [0.05, 0.1) is 24.0 Å². The molecule has 2 heterocycles. The van der Waals surface area contributed by atoms with Crippen LogP contribution in [0.4, 0.5) is 0 Å². The van der Waals surface area contributed by atoms with Gasteiger partial charge in [-0.25, -0.2) is 4.68 Å². The van der Waals surface area contributed by atoms with E-state index in [1.54, 1.807) is 0 Å². The molecule has 6 heteroatoms. The number of hydrogen-bond acceptors (Lipinski definition) is 4. The molecule has 1 aliphatic heterocycles. The number of aromatic nitrogens is 2. The highest BCUT2D eigenvalue weighted by molar-refractivity contribution is 7.99. The molecule has 3 rings (SSSR count). The Hall–Kier alpha value is -1.79. The molecule has 25 heavy (non-hydrogen) atoms. The molecule has 1 aromatic heterocycles.